The van der Waals surface area contributed by atoms with Crippen molar-refractivity contribution in [2.24, 2.45) is 0 Å². The van der Waals surface area contributed by atoms with Gasteiger partial charge in [-0.15, -0.1) is 17.0 Å². The molecule has 0 unspecified atom stereocenters. The Morgan fingerprint density at radius 1 is 1.00 bits per heavy atom. The van der Waals surface area contributed by atoms with Gasteiger partial charge >= 0.3 is 0 Å². The Kier molecular flexibility index (Phi) is 3.68. The monoisotopic (exact) mass is 326 g/mol. The summed E-state index contributed by atoms with van der Waals surface area (Å²) in [5, 5.41) is 0.653. The topological polar surface area (TPSA) is 17.3 Å². The van der Waals surface area contributed by atoms with Gasteiger partial charge in [0.05, 0.1) is 10.7 Å². The second-order valence-electron chi connectivity index (χ2n) is 3.75. The number of nitrogens with zero attached hydrogens (tertiary/aromatic N) is 2. The molecule has 2 nitrogen and oxygen atoms in total. The van der Waals surface area contributed by atoms with Crippen LogP contribution in [0.2, 0.25) is 5.02 Å². The molecule has 0 radical (unpaired) electrons. The van der Waals surface area contributed by atoms with Crippen molar-refractivity contribution in [3.8, 4) is 11.3 Å². The van der Waals surface area contributed by atoms with Crippen molar-refractivity contribution < 1.29 is 4.39 Å². The molecule has 0 aliphatic heterocycles. The second kappa shape index (κ2) is 5.08. The molecule has 0 aliphatic carbocycles. The van der Waals surface area contributed by atoms with E-state index in [2.05, 4.69) is 4.98 Å². The summed E-state index contributed by atoms with van der Waals surface area (Å²) in [6.07, 6.45) is 3.66. The largest absolute Gasteiger partial charge is 0.305 e. The number of rotatable bonds is 1. The molecule has 0 bridgehead atoms. The SMILES string of the molecule is Br.Fc1ccc(-c2cn3cc(Cl)ccc3n2)cc1. The number of fused-ring (bicyclic) bond motifs is 1. The second-order valence-corrected chi connectivity index (χ2v) is 4.18. The van der Waals surface area contributed by atoms with Crippen LogP contribution in [-0.4, -0.2) is 9.38 Å². The lowest BCUT2D eigenvalue weighted by Gasteiger charge is -1.94. The molecule has 0 saturated carbocycles. The minimum absolute atomic E-state index is 0. The van der Waals surface area contributed by atoms with Gasteiger partial charge < -0.3 is 4.40 Å². The zero-order valence-corrected chi connectivity index (χ0v) is 11.6. The highest BCUT2D eigenvalue weighted by Crippen LogP contribution is 2.20. The molecule has 3 rings (SSSR count). The van der Waals surface area contributed by atoms with E-state index in [1.165, 1.54) is 12.1 Å². The standard InChI is InChI=1S/C13H8ClFN2.BrH/c14-10-3-6-13-16-12(8-17(13)7-10)9-1-4-11(15)5-2-9;/h1-8H;1H. The van der Waals surface area contributed by atoms with Crippen molar-refractivity contribution in [1.29, 1.82) is 0 Å². The first-order valence-electron chi connectivity index (χ1n) is 5.12. The average Bonchev–Trinajstić information content (AvgIpc) is 2.72. The molecule has 3 aromatic rings. The van der Waals surface area contributed by atoms with Crippen molar-refractivity contribution in [3.63, 3.8) is 0 Å². The number of hydrogen-bond acceptors (Lipinski definition) is 1. The predicted molar refractivity (Wildman–Crippen MR) is 75.9 cm³/mol. The van der Waals surface area contributed by atoms with Crippen molar-refractivity contribution >= 4 is 34.2 Å². The quantitative estimate of drug-likeness (QED) is 0.648. The zero-order chi connectivity index (χ0) is 11.8. The Bertz CT molecular complexity index is 679. The molecular formula is C13H9BrClFN2. The third-order valence-electron chi connectivity index (χ3n) is 2.55. The van der Waals surface area contributed by atoms with Gasteiger partial charge in [0.2, 0.25) is 0 Å². The first-order valence-corrected chi connectivity index (χ1v) is 5.50. The Morgan fingerprint density at radius 2 is 1.72 bits per heavy atom. The summed E-state index contributed by atoms with van der Waals surface area (Å²) in [7, 11) is 0. The fourth-order valence-corrected chi connectivity index (χ4v) is 1.89. The smallest absolute Gasteiger partial charge is 0.137 e. The lowest BCUT2D eigenvalue weighted by atomic mass is 10.2. The van der Waals surface area contributed by atoms with E-state index >= 15 is 0 Å². The molecule has 0 spiro atoms. The van der Waals surface area contributed by atoms with Gasteiger partial charge in [-0.2, -0.15) is 0 Å². The first kappa shape index (κ1) is 13.1. The number of benzene rings is 1. The van der Waals surface area contributed by atoms with Crippen LogP contribution in [0.25, 0.3) is 16.9 Å². The van der Waals surface area contributed by atoms with E-state index in [9.17, 15) is 4.39 Å². The van der Waals surface area contributed by atoms with Gasteiger partial charge in [0.25, 0.3) is 0 Å². The average molecular weight is 328 g/mol. The van der Waals surface area contributed by atoms with Crippen LogP contribution in [0.5, 0.6) is 0 Å². The molecule has 0 amide bonds. The molecule has 0 atom stereocenters. The van der Waals surface area contributed by atoms with Crippen molar-refractivity contribution in [2.75, 3.05) is 0 Å². The number of hydrogen-bond donors (Lipinski definition) is 0. The van der Waals surface area contributed by atoms with E-state index in [1.807, 2.05) is 16.7 Å². The summed E-state index contributed by atoms with van der Waals surface area (Å²) in [6.45, 7) is 0. The summed E-state index contributed by atoms with van der Waals surface area (Å²) in [5.74, 6) is -0.249. The highest BCUT2D eigenvalue weighted by molar-refractivity contribution is 8.93. The van der Waals surface area contributed by atoms with Crippen molar-refractivity contribution in [2.45, 2.75) is 0 Å². The molecule has 0 aliphatic rings. The van der Waals surface area contributed by atoms with E-state index < -0.39 is 0 Å². The van der Waals surface area contributed by atoms with Crippen LogP contribution in [0, 0.1) is 5.82 Å². The van der Waals surface area contributed by atoms with E-state index in [1.54, 1.807) is 24.4 Å². The summed E-state index contributed by atoms with van der Waals surface area (Å²) in [6, 6.07) is 9.89. The minimum Gasteiger partial charge on any atom is -0.305 e. The minimum atomic E-state index is -0.249. The van der Waals surface area contributed by atoms with E-state index in [4.69, 9.17) is 11.6 Å². The molecule has 0 saturated heterocycles. The Morgan fingerprint density at radius 3 is 2.44 bits per heavy atom. The highest BCUT2D eigenvalue weighted by atomic mass is 79.9. The van der Waals surface area contributed by atoms with Crippen LogP contribution < -0.4 is 0 Å². The lowest BCUT2D eigenvalue weighted by Crippen LogP contribution is -1.79. The predicted octanol–water partition coefficient (Wildman–Crippen LogP) is 4.37. The van der Waals surface area contributed by atoms with Crippen LogP contribution in [0.3, 0.4) is 0 Å². The van der Waals surface area contributed by atoms with Gasteiger partial charge in [0, 0.05) is 18.0 Å². The Balaban J connectivity index is 0.00000120. The maximum absolute atomic E-state index is 12.8. The van der Waals surface area contributed by atoms with Gasteiger partial charge in [-0.05, 0) is 36.4 Å². The fraction of sp³-hybridized carbons (Fsp3) is 0. The van der Waals surface area contributed by atoms with Gasteiger partial charge in [0.15, 0.2) is 0 Å². The van der Waals surface area contributed by atoms with Crippen LogP contribution in [0.15, 0.2) is 48.8 Å². The number of aromatic nitrogens is 2. The van der Waals surface area contributed by atoms with Crippen LogP contribution in [0.1, 0.15) is 0 Å². The zero-order valence-electron chi connectivity index (χ0n) is 9.18. The van der Waals surface area contributed by atoms with Crippen LogP contribution in [-0.2, 0) is 0 Å². The summed E-state index contributed by atoms with van der Waals surface area (Å²) >= 11 is 5.90. The fourth-order valence-electron chi connectivity index (χ4n) is 1.72. The van der Waals surface area contributed by atoms with E-state index in [-0.39, 0.29) is 22.8 Å². The number of pyridine rings is 1. The Hall–Kier alpha value is -1.39. The maximum Gasteiger partial charge on any atom is 0.137 e. The Labute approximate surface area is 119 Å². The molecule has 0 N–H and O–H groups in total. The summed E-state index contributed by atoms with van der Waals surface area (Å²) in [4.78, 5) is 4.44. The van der Waals surface area contributed by atoms with E-state index in [0.29, 0.717) is 5.02 Å². The van der Waals surface area contributed by atoms with Crippen LogP contribution in [0.4, 0.5) is 4.39 Å². The molecule has 18 heavy (non-hydrogen) atoms. The summed E-state index contributed by atoms with van der Waals surface area (Å²) < 4.78 is 14.7. The van der Waals surface area contributed by atoms with Crippen molar-refractivity contribution in [1.82, 2.24) is 9.38 Å². The molecule has 0 fully saturated rings. The molecule has 2 aromatic heterocycles. The molecule has 92 valence electrons. The normalized spacial score (nSPS) is 10.3. The van der Waals surface area contributed by atoms with Gasteiger partial charge in [-0.25, -0.2) is 9.37 Å². The maximum atomic E-state index is 12.8. The van der Waals surface area contributed by atoms with Gasteiger partial charge in [0.1, 0.15) is 11.5 Å². The van der Waals surface area contributed by atoms with Crippen LogP contribution >= 0.6 is 28.6 Å². The summed E-state index contributed by atoms with van der Waals surface area (Å²) in [5.41, 5.74) is 2.49. The first-order chi connectivity index (χ1) is 8.22. The van der Waals surface area contributed by atoms with E-state index in [0.717, 1.165) is 16.9 Å². The molecule has 5 heteroatoms. The van der Waals surface area contributed by atoms with Gasteiger partial charge in [-0.1, -0.05) is 11.6 Å². The van der Waals surface area contributed by atoms with Crippen molar-refractivity contribution in [3.05, 3.63) is 59.6 Å². The third-order valence-corrected chi connectivity index (χ3v) is 2.78. The third kappa shape index (κ3) is 2.40. The number of halogens is 3. The number of imidazole rings is 1. The molecule has 1 aromatic carbocycles. The molecule has 2 heterocycles. The lowest BCUT2D eigenvalue weighted by molar-refractivity contribution is 0.628. The highest BCUT2D eigenvalue weighted by Gasteiger charge is 2.04. The molecular weight excluding hydrogens is 319 g/mol. The van der Waals surface area contributed by atoms with Gasteiger partial charge in [-0.3, -0.25) is 0 Å².